The van der Waals surface area contributed by atoms with Crippen LogP contribution < -0.4 is 25.3 Å². The number of anilines is 5. The van der Waals surface area contributed by atoms with Gasteiger partial charge in [-0.15, -0.1) is 0 Å². The molecule has 1 atom stereocenters. The van der Waals surface area contributed by atoms with E-state index < -0.39 is 0 Å². The molecule has 11 heteroatoms. The van der Waals surface area contributed by atoms with Crippen molar-refractivity contribution in [1.82, 2.24) is 9.97 Å². The third kappa shape index (κ3) is 5.53. The second kappa shape index (κ2) is 11.4. The standard InChI is InChI=1S/C27H29FN6O4/c1-3-27(35)32-20-14-21(24(36-2)15-23(20)33-8-11-37-12-9-33)31-25-16-26(30-17-29-25)34-22(7-10-38-34)18-5-4-6-19(28)13-18/h3-6,13-17,22H,1,7-12H2,2H3,(H,32,35)(H,29,30,31). The van der Waals surface area contributed by atoms with E-state index in [-0.39, 0.29) is 17.8 Å². The van der Waals surface area contributed by atoms with Crippen molar-refractivity contribution in [3.05, 3.63) is 72.8 Å². The summed E-state index contributed by atoms with van der Waals surface area (Å²) in [6.07, 6.45) is 3.35. The van der Waals surface area contributed by atoms with Gasteiger partial charge in [-0.05, 0) is 29.8 Å². The van der Waals surface area contributed by atoms with Gasteiger partial charge in [0, 0.05) is 31.6 Å². The van der Waals surface area contributed by atoms with E-state index in [1.54, 1.807) is 30.4 Å². The van der Waals surface area contributed by atoms with Crippen molar-refractivity contribution in [2.24, 2.45) is 0 Å². The number of hydroxylamine groups is 1. The molecule has 1 aromatic heterocycles. The van der Waals surface area contributed by atoms with E-state index in [4.69, 9.17) is 14.3 Å². The number of benzene rings is 2. The SMILES string of the molecule is C=CC(=O)Nc1cc(Nc2cc(N3OCCC3c3cccc(F)c3)ncn2)c(OC)cc1N1CCOCC1. The fourth-order valence-electron chi connectivity index (χ4n) is 4.57. The molecule has 38 heavy (non-hydrogen) atoms. The minimum atomic E-state index is -0.325. The Kier molecular flexibility index (Phi) is 7.66. The second-order valence-electron chi connectivity index (χ2n) is 8.77. The lowest BCUT2D eigenvalue weighted by molar-refractivity contribution is -0.111. The third-order valence-corrected chi connectivity index (χ3v) is 6.39. The predicted molar refractivity (Wildman–Crippen MR) is 142 cm³/mol. The van der Waals surface area contributed by atoms with Gasteiger partial charge in [0.2, 0.25) is 5.91 Å². The van der Waals surface area contributed by atoms with Gasteiger partial charge in [-0.3, -0.25) is 9.63 Å². The zero-order valence-electron chi connectivity index (χ0n) is 21.0. The van der Waals surface area contributed by atoms with Crippen molar-refractivity contribution < 1.29 is 23.5 Å². The molecule has 2 N–H and O–H groups in total. The van der Waals surface area contributed by atoms with Crippen molar-refractivity contribution in [3.8, 4) is 5.75 Å². The average Bonchev–Trinajstić information content (AvgIpc) is 3.44. The molecule has 2 aliphatic rings. The molecule has 2 saturated heterocycles. The summed E-state index contributed by atoms with van der Waals surface area (Å²) in [5.74, 6) is 0.958. The Balaban J connectivity index is 1.44. The van der Waals surface area contributed by atoms with Gasteiger partial charge in [0.15, 0.2) is 5.82 Å². The Morgan fingerprint density at radius 2 is 2.00 bits per heavy atom. The molecule has 3 aromatic rings. The monoisotopic (exact) mass is 520 g/mol. The minimum Gasteiger partial charge on any atom is -0.494 e. The molecule has 5 rings (SSSR count). The van der Waals surface area contributed by atoms with Gasteiger partial charge in [-0.25, -0.2) is 19.4 Å². The van der Waals surface area contributed by atoms with Crippen LogP contribution in [0.3, 0.4) is 0 Å². The number of methoxy groups -OCH3 is 1. The first-order valence-electron chi connectivity index (χ1n) is 12.3. The first kappa shape index (κ1) is 25.4. The topological polar surface area (TPSA) is 101 Å². The fourth-order valence-corrected chi connectivity index (χ4v) is 4.57. The molecule has 0 bridgehead atoms. The lowest BCUT2D eigenvalue weighted by Gasteiger charge is -2.31. The van der Waals surface area contributed by atoms with E-state index in [0.29, 0.717) is 68.1 Å². The zero-order chi connectivity index (χ0) is 26.5. The Labute approximate surface area is 220 Å². The maximum Gasteiger partial charge on any atom is 0.247 e. The zero-order valence-corrected chi connectivity index (χ0v) is 21.0. The first-order valence-corrected chi connectivity index (χ1v) is 12.3. The van der Waals surface area contributed by atoms with Gasteiger partial charge >= 0.3 is 0 Å². The highest BCUT2D eigenvalue weighted by Crippen LogP contribution is 2.40. The van der Waals surface area contributed by atoms with Crippen LogP contribution in [0.25, 0.3) is 0 Å². The molecule has 3 heterocycles. The Morgan fingerprint density at radius 1 is 1.16 bits per heavy atom. The molecule has 0 radical (unpaired) electrons. The molecule has 2 fully saturated rings. The van der Waals surface area contributed by atoms with Crippen LogP contribution in [0.5, 0.6) is 5.75 Å². The van der Waals surface area contributed by atoms with Crippen molar-refractivity contribution in [2.45, 2.75) is 12.5 Å². The van der Waals surface area contributed by atoms with Crippen molar-refractivity contribution in [2.75, 3.05) is 60.6 Å². The van der Waals surface area contributed by atoms with Crippen molar-refractivity contribution in [3.63, 3.8) is 0 Å². The molecular formula is C27H29FN6O4. The van der Waals surface area contributed by atoms with Crippen LogP contribution in [0.1, 0.15) is 18.0 Å². The largest absolute Gasteiger partial charge is 0.494 e. The predicted octanol–water partition coefficient (Wildman–Crippen LogP) is 4.21. The molecule has 0 aliphatic carbocycles. The van der Waals surface area contributed by atoms with Crippen LogP contribution >= 0.6 is 0 Å². The Bertz CT molecular complexity index is 1320. The quantitative estimate of drug-likeness (QED) is 0.423. The maximum absolute atomic E-state index is 13.9. The van der Waals surface area contributed by atoms with E-state index >= 15 is 0 Å². The number of hydrogen-bond acceptors (Lipinski definition) is 9. The summed E-state index contributed by atoms with van der Waals surface area (Å²) < 4.78 is 25.0. The highest BCUT2D eigenvalue weighted by Gasteiger charge is 2.29. The Hall–Kier alpha value is -4.22. The van der Waals surface area contributed by atoms with Crippen LogP contribution in [0.15, 0.2) is 61.4 Å². The lowest BCUT2D eigenvalue weighted by Crippen LogP contribution is -2.36. The number of nitrogens with zero attached hydrogens (tertiary/aromatic N) is 4. The van der Waals surface area contributed by atoms with Crippen LogP contribution in [0.2, 0.25) is 0 Å². The lowest BCUT2D eigenvalue weighted by atomic mass is 10.0. The number of carbonyl (C=O) groups is 1. The number of halogens is 1. The summed E-state index contributed by atoms with van der Waals surface area (Å²) in [6, 6.07) is 11.7. The van der Waals surface area contributed by atoms with Gasteiger partial charge in [0.1, 0.15) is 23.7 Å². The van der Waals surface area contributed by atoms with E-state index in [9.17, 15) is 9.18 Å². The number of ether oxygens (including phenoxy) is 2. The van der Waals surface area contributed by atoms with E-state index in [1.165, 1.54) is 24.5 Å². The molecule has 1 unspecified atom stereocenters. The van der Waals surface area contributed by atoms with E-state index in [1.807, 2.05) is 12.1 Å². The molecular weight excluding hydrogens is 491 g/mol. The van der Waals surface area contributed by atoms with Crippen molar-refractivity contribution in [1.29, 1.82) is 0 Å². The number of nitrogens with one attached hydrogen (secondary N) is 2. The second-order valence-corrected chi connectivity index (χ2v) is 8.77. The molecule has 2 aromatic carbocycles. The van der Waals surface area contributed by atoms with E-state index in [2.05, 4.69) is 32.1 Å². The van der Waals surface area contributed by atoms with Crippen molar-refractivity contribution >= 4 is 34.6 Å². The normalized spacial score (nSPS) is 17.3. The number of morpholine rings is 1. The fraction of sp³-hybridized carbons (Fsp3) is 0.296. The minimum absolute atomic E-state index is 0.184. The number of rotatable bonds is 8. The number of hydrogen-bond donors (Lipinski definition) is 2. The summed E-state index contributed by atoms with van der Waals surface area (Å²) in [5.41, 5.74) is 2.82. The maximum atomic E-state index is 13.9. The Morgan fingerprint density at radius 3 is 2.76 bits per heavy atom. The average molecular weight is 521 g/mol. The first-order chi connectivity index (χ1) is 18.6. The molecule has 2 aliphatic heterocycles. The summed E-state index contributed by atoms with van der Waals surface area (Å²) in [7, 11) is 1.58. The van der Waals surface area contributed by atoms with Crippen LogP contribution in [-0.2, 0) is 14.4 Å². The van der Waals surface area contributed by atoms with Gasteiger partial charge in [-0.1, -0.05) is 18.7 Å². The van der Waals surface area contributed by atoms with Gasteiger partial charge in [0.25, 0.3) is 0 Å². The van der Waals surface area contributed by atoms with E-state index in [0.717, 1.165) is 11.3 Å². The number of amides is 1. The van der Waals surface area contributed by atoms with Crippen LogP contribution in [0, 0.1) is 5.82 Å². The highest BCUT2D eigenvalue weighted by molar-refractivity contribution is 6.02. The summed E-state index contributed by atoms with van der Waals surface area (Å²) in [5, 5.41) is 7.84. The van der Waals surface area contributed by atoms with Gasteiger partial charge < -0.3 is 25.0 Å². The summed E-state index contributed by atoms with van der Waals surface area (Å²) in [4.78, 5) is 28.9. The number of carbonyl (C=O) groups excluding carboxylic acids is 1. The van der Waals surface area contributed by atoms with Crippen LogP contribution in [0.4, 0.5) is 33.1 Å². The third-order valence-electron chi connectivity index (χ3n) is 6.39. The highest BCUT2D eigenvalue weighted by atomic mass is 19.1. The molecule has 0 spiro atoms. The number of aromatic nitrogens is 2. The molecule has 1 amide bonds. The van der Waals surface area contributed by atoms with Gasteiger partial charge in [0.05, 0.1) is 50.0 Å². The molecule has 198 valence electrons. The summed E-state index contributed by atoms with van der Waals surface area (Å²) in [6.45, 7) is 6.60. The van der Waals surface area contributed by atoms with Crippen LogP contribution in [-0.4, -0.2) is 55.9 Å². The van der Waals surface area contributed by atoms with Gasteiger partial charge in [-0.2, -0.15) is 0 Å². The molecule has 10 nitrogen and oxygen atoms in total. The summed E-state index contributed by atoms with van der Waals surface area (Å²) >= 11 is 0. The molecule has 0 saturated carbocycles. The smallest absolute Gasteiger partial charge is 0.247 e.